The number of urea groups is 1. The molecule has 0 fully saturated rings. The maximum Gasteiger partial charge on any atom is 0.315 e. The molecule has 28 heavy (non-hydrogen) atoms. The Balaban J connectivity index is 2.02. The first kappa shape index (κ1) is 21.8. The van der Waals surface area contributed by atoms with Gasteiger partial charge in [-0.15, -0.1) is 10.2 Å². The molecule has 8 heteroatoms. The number of carbonyl (C=O) groups excluding carboxylic acids is 2. The highest BCUT2D eigenvalue weighted by molar-refractivity contribution is 7.18. The van der Waals surface area contributed by atoms with Crippen molar-refractivity contribution < 1.29 is 9.59 Å². The van der Waals surface area contributed by atoms with Crippen molar-refractivity contribution >= 4 is 28.4 Å². The maximum absolute atomic E-state index is 12.8. The van der Waals surface area contributed by atoms with Gasteiger partial charge in [-0.25, -0.2) is 4.79 Å². The first-order chi connectivity index (χ1) is 13.4. The van der Waals surface area contributed by atoms with Crippen LogP contribution >= 0.6 is 11.3 Å². The third-order valence-electron chi connectivity index (χ3n) is 4.55. The van der Waals surface area contributed by atoms with Crippen molar-refractivity contribution in [3.63, 3.8) is 0 Å². The summed E-state index contributed by atoms with van der Waals surface area (Å²) in [7, 11) is 0. The lowest BCUT2D eigenvalue weighted by Crippen LogP contribution is -2.51. The molecule has 2 atom stereocenters. The Morgan fingerprint density at radius 2 is 1.86 bits per heavy atom. The van der Waals surface area contributed by atoms with Gasteiger partial charge in [-0.3, -0.25) is 10.1 Å². The second kappa shape index (κ2) is 10.8. The van der Waals surface area contributed by atoms with E-state index in [1.54, 1.807) is 0 Å². The number of amides is 3. The zero-order valence-corrected chi connectivity index (χ0v) is 17.7. The Hall–Kier alpha value is -2.48. The minimum Gasteiger partial charge on any atom is -0.338 e. The Labute approximate surface area is 170 Å². The lowest BCUT2D eigenvalue weighted by Gasteiger charge is -2.23. The standard InChI is InChI=1S/C20H29N5O2S/c1-5-7-12-21-19(27)22-16(14(4)6-2)17(26)23-20-25-24-18(28-20)15-10-8-13(3)9-11-15/h8-11,14,16H,5-7,12H2,1-4H3,(H2,21,22,27)(H,23,25,26)/t14-,16+/m0/s1. The van der Waals surface area contributed by atoms with Gasteiger partial charge in [0.1, 0.15) is 11.0 Å². The quantitative estimate of drug-likeness (QED) is 0.552. The number of rotatable bonds is 9. The second-order valence-electron chi connectivity index (χ2n) is 6.88. The van der Waals surface area contributed by atoms with Gasteiger partial charge in [0.15, 0.2) is 0 Å². The molecule has 1 heterocycles. The summed E-state index contributed by atoms with van der Waals surface area (Å²) in [6.07, 6.45) is 2.66. The maximum atomic E-state index is 12.8. The first-order valence-electron chi connectivity index (χ1n) is 9.70. The number of aryl methyl sites for hydroxylation is 1. The molecule has 0 radical (unpaired) electrons. The van der Waals surface area contributed by atoms with E-state index < -0.39 is 6.04 Å². The van der Waals surface area contributed by atoms with Crippen LogP contribution in [0.5, 0.6) is 0 Å². The predicted molar refractivity (Wildman–Crippen MR) is 113 cm³/mol. The van der Waals surface area contributed by atoms with Crippen molar-refractivity contribution in [2.75, 3.05) is 11.9 Å². The molecule has 0 saturated carbocycles. The number of hydrogen-bond donors (Lipinski definition) is 3. The molecule has 2 aromatic rings. The largest absolute Gasteiger partial charge is 0.338 e. The summed E-state index contributed by atoms with van der Waals surface area (Å²) in [5, 5.41) is 17.8. The number of carbonyl (C=O) groups is 2. The van der Waals surface area contributed by atoms with E-state index in [9.17, 15) is 9.59 Å². The number of hydrogen-bond acceptors (Lipinski definition) is 5. The molecule has 0 aliphatic heterocycles. The van der Waals surface area contributed by atoms with Crippen LogP contribution in [-0.4, -0.2) is 34.7 Å². The highest BCUT2D eigenvalue weighted by atomic mass is 32.1. The third-order valence-corrected chi connectivity index (χ3v) is 5.44. The lowest BCUT2D eigenvalue weighted by molar-refractivity contribution is -0.119. The van der Waals surface area contributed by atoms with Crippen molar-refractivity contribution in [3.05, 3.63) is 29.8 Å². The van der Waals surface area contributed by atoms with Crippen LogP contribution < -0.4 is 16.0 Å². The summed E-state index contributed by atoms with van der Waals surface area (Å²) in [6, 6.07) is 7.01. The molecule has 152 valence electrons. The Morgan fingerprint density at radius 1 is 1.14 bits per heavy atom. The summed E-state index contributed by atoms with van der Waals surface area (Å²) >= 11 is 1.31. The smallest absolute Gasteiger partial charge is 0.315 e. The van der Waals surface area contributed by atoms with Crippen molar-refractivity contribution in [2.45, 2.75) is 53.0 Å². The van der Waals surface area contributed by atoms with Gasteiger partial charge in [0.25, 0.3) is 0 Å². The average Bonchev–Trinajstić information content (AvgIpc) is 3.14. The fourth-order valence-electron chi connectivity index (χ4n) is 2.54. The molecular formula is C20H29N5O2S. The van der Waals surface area contributed by atoms with E-state index in [0.717, 1.165) is 29.8 Å². The van der Waals surface area contributed by atoms with Crippen LogP contribution in [0.4, 0.5) is 9.93 Å². The molecule has 2 rings (SSSR count). The van der Waals surface area contributed by atoms with Gasteiger partial charge < -0.3 is 10.6 Å². The van der Waals surface area contributed by atoms with Crippen LogP contribution in [0.2, 0.25) is 0 Å². The molecule has 3 N–H and O–H groups in total. The number of nitrogens with zero attached hydrogens (tertiary/aromatic N) is 2. The van der Waals surface area contributed by atoms with Gasteiger partial charge in [-0.2, -0.15) is 0 Å². The molecule has 0 spiro atoms. The van der Waals surface area contributed by atoms with Gasteiger partial charge in [0.05, 0.1) is 0 Å². The SMILES string of the molecule is CCCCNC(=O)N[C@@H](C(=O)Nc1nnc(-c2ccc(C)cc2)s1)[C@@H](C)CC. The fourth-order valence-corrected chi connectivity index (χ4v) is 3.29. The summed E-state index contributed by atoms with van der Waals surface area (Å²) in [5.41, 5.74) is 2.12. The van der Waals surface area contributed by atoms with Crippen LogP contribution in [0.25, 0.3) is 10.6 Å². The van der Waals surface area contributed by atoms with Crippen LogP contribution in [-0.2, 0) is 4.79 Å². The molecule has 7 nitrogen and oxygen atoms in total. The molecule has 1 aromatic heterocycles. The molecule has 0 unspecified atom stereocenters. The molecule has 1 aromatic carbocycles. The van der Waals surface area contributed by atoms with E-state index in [2.05, 4.69) is 33.1 Å². The van der Waals surface area contributed by atoms with Gasteiger partial charge in [0, 0.05) is 12.1 Å². The van der Waals surface area contributed by atoms with Crippen LogP contribution in [0.1, 0.15) is 45.6 Å². The minimum absolute atomic E-state index is 0.0126. The topological polar surface area (TPSA) is 96.0 Å². The summed E-state index contributed by atoms with van der Waals surface area (Å²) in [6.45, 7) is 8.60. The molecular weight excluding hydrogens is 374 g/mol. The summed E-state index contributed by atoms with van der Waals surface area (Å²) in [5.74, 6) is -0.298. The number of unbranched alkanes of at least 4 members (excludes halogenated alkanes) is 1. The first-order valence-corrected chi connectivity index (χ1v) is 10.5. The normalized spacial score (nSPS) is 12.9. The Kier molecular flexibility index (Phi) is 8.38. The molecule has 0 aliphatic carbocycles. The highest BCUT2D eigenvalue weighted by Gasteiger charge is 2.26. The molecule has 0 aliphatic rings. The van der Waals surface area contributed by atoms with Gasteiger partial charge in [0.2, 0.25) is 11.0 Å². The number of aromatic nitrogens is 2. The minimum atomic E-state index is -0.640. The average molecular weight is 404 g/mol. The monoisotopic (exact) mass is 403 g/mol. The lowest BCUT2D eigenvalue weighted by atomic mass is 9.98. The van der Waals surface area contributed by atoms with E-state index in [4.69, 9.17) is 0 Å². The highest BCUT2D eigenvalue weighted by Crippen LogP contribution is 2.26. The van der Waals surface area contributed by atoms with Crippen molar-refractivity contribution in [1.82, 2.24) is 20.8 Å². The molecule has 3 amide bonds. The Morgan fingerprint density at radius 3 is 2.50 bits per heavy atom. The van der Waals surface area contributed by atoms with E-state index in [1.165, 1.54) is 16.9 Å². The predicted octanol–water partition coefficient (Wildman–Crippen LogP) is 3.97. The zero-order chi connectivity index (χ0) is 20.5. The van der Waals surface area contributed by atoms with E-state index in [0.29, 0.717) is 11.7 Å². The van der Waals surface area contributed by atoms with Crippen LogP contribution in [0.15, 0.2) is 24.3 Å². The second-order valence-corrected chi connectivity index (χ2v) is 7.86. The van der Waals surface area contributed by atoms with E-state index in [1.807, 2.05) is 45.0 Å². The fraction of sp³-hybridized carbons (Fsp3) is 0.500. The van der Waals surface area contributed by atoms with Crippen molar-refractivity contribution in [1.29, 1.82) is 0 Å². The van der Waals surface area contributed by atoms with Gasteiger partial charge in [-0.1, -0.05) is 74.8 Å². The Bertz CT molecular complexity index is 775. The van der Waals surface area contributed by atoms with Crippen molar-refractivity contribution in [3.8, 4) is 10.6 Å². The van der Waals surface area contributed by atoms with E-state index in [-0.39, 0.29) is 17.9 Å². The summed E-state index contributed by atoms with van der Waals surface area (Å²) < 4.78 is 0. The van der Waals surface area contributed by atoms with E-state index >= 15 is 0 Å². The van der Waals surface area contributed by atoms with Crippen LogP contribution in [0, 0.1) is 12.8 Å². The van der Waals surface area contributed by atoms with Gasteiger partial charge in [-0.05, 0) is 19.3 Å². The number of anilines is 1. The molecule has 0 saturated heterocycles. The third kappa shape index (κ3) is 6.30. The molecule has 0 bridgehead atoms. The van der Waals surface area contributed by atoms with Gasteiger partial charge >= 0.3 is 6.03 Å². The summed E-state index contributed by atoms with van der Waals surface area (Å²) in [4.78, 5) is 24.8. The zero-order valence-electron chi connectivity index (χ0n) is 16.9. The number of nitrogens with one attached hydrogen (secondary N) is 3. The number of benzene rings is 1. The van der Waals surface area contributed by atoms with Crippen LogP contribution in [0.3, 0.4) is 0 Å². The van der Waals surface area contributed by atoms with Crippen molar-refractivity contribution in [2.24, 2.45) is 5.92 Å².